The van der Waals surface area contributed by atoms with E-state index in [-0.39, 0.29) is 18.0 Å². The second kappa shape index (κ2) is 9.26. The van der Waals surface area contributed by atoms with Crippen molar-refractivity contribution in [1.82, 2.24) is 0 Å². The van der Waals surface area contributed by atoms with Gasteiger partial charge in [0.15, 0.2) is 5.78 Å². The van der Waals surface area contributed by atoms with Crippen molar-refractivity contribution >= 4 is 17.5 Å². The second-order valence-corrected chi connectivity index (χ2v) is 7.01. The first-order valence-corrected chi connectivity index (χ1v) is 9.28. The van der Waals surface area contributed by atoms with Crippen molar-refractivity contribution < 1.29 is 14.3 Å². The minimum Gasteiger partial charge on any atom is -0.491 e. The molecule has 0 heterocycles. The van der Waals surface area contributed by atoms with Crippen LogP contribution in [-0.2, 0) is 0 Å². The Balaban J connectivity index is 2.30. The van der Waals surface area contributed by atoms with E-state index in [1.165, 1.54) is 0 Å². The molecule has 0 unspecified atom stereocenters. The first-order valence-electron chi connectivity index (χ1n) is 9.28. The summed E-state index contributed by atoms with van der Waals surface area (Å²) in [6, 6.07) is 11.3. The van der Waals surface area contributed by atoms with E-state index in [0.29, 0.717) is 11.3 Å². The Morgan fingerprint density at radius 3 is 2.11 bits per heavy atom. The topological polar surface area (TPSA) is 47.6 Å². The Hall–Kier alpha value is -2.75. The highest BCUT2D eigenvalue weighted by molar-refractivity contribution is 6.07. The third-order valence-electron chi connectivity index (χ3n) is 3.91. The van der Waals surface area contributed by atoms with Gasteiger partial charge in [0.25, 0.3) is 0 Å². The molecule has 4 heteroatoms. The second-order valence-electron chi connectivity index (χ2n) is 7.01. The molecule has 2 aromatic carbocycles. The highest BCUT2D eigenvalue weighted by Gasteiger charge is 2.11. The number of carbonyl (C=O) groups excluding carboxylic acids is 1. The third-order valence-corrected chi connectivity index (χ3v) is 3.91. The van der Waals surface area contributed by atoms with Crippen LogP contribution in [0.4, 0.5) is 5.69 Å². The summed E-state index contributed by atoms with van der Waals surface area (Å²) in [5.74, 6) is 1.46. The van der Waals surface area contributed by atoms with Gasteiger partial charge < -0.3 is 14.8 Å². The lowest BCUT2D eigenvalue weighted by Gasteiger charge is -2.18. The van der Waals surface area contributed by atoms with Crippen LogP contribution in [-0.4, -0.2) is 25.0 Å². The maximum absolute atomic E-state index is 12.5. The van der Waals surface area contributed by atoms with Crippen LogP contribution in [0, 0.1) is 6.92 Å². The fourth-order valence-electron chi connectivity index (χ4n) is 2.62. The van der Waals surface area contributed by atoms with Crippen LogP contribution < -0.4 is 14.8 Å². The number of benzene rings is 2. The van der Waals surface area contributed by atoms with E-state index in [2.05, 4.69) is 5.32 Å². The van der Waals surface area contributed by atoms with E-state index in [4.69, 9.17) is 9.47 Å². The molecule has 2 rings (SSSR count). The number of hydrogen-bond donors (Lipinski definition) is 1. The monoisotopic (exact) mass is 367 g/mol. The number of ether oxygens (including phenoxy) is 2. The number of carbonyl (C=O) groups is 1. The lowest BCUT2D eigenvalue weighted by molar-refractivity contribution is 0.104. The molecule has 0 amide bonds. The van der Waals surface area contributed by atoms with Gasteiger partial charge in [0, 0.05) is 29.9 Å². The summed E-state index contributed by atoms with van der Waals surface area (Å²) >= 11 is 0. The molecular formula is C23H29NO3. The molecule has 0 saturated carbocycles. The Bertz CT molecular complexity index is 805. The first kappa shape index (κ1) is 20.6. The van der Waals surface area contributed by atoms with Crippen molar-refractivity contribution in [1.29, 1.82) is 0 Å². The van der Waals surface area contributed by atoms with E-state index in [9.17, 15) is 4.79 Å². The molecule has 0 aliphatic heterocycles. The molecule has 1 N–H and O–H groups in total. The molecule has 0 bridgehead atoms. The number of aryl methyl sites for hydroxylation is 1. The highest BCUT2D eigenvalue weighted by atomic mass is 16.5. The van der Waals surface area contributed by atoms with Crippen molar-refractivity contribution in [3.8, 4) is 11.5 Å². The predicted molar refractivity (Wildman–Crippen MR) is 112 cm³/mol. The van der Waals surface area contributed by atoms with E-state index in [0.717, 1.165) is 22.6 Å². The highest BCUT2D eigenvalue weighted by Crippen LogP contribution is 2.31. The number of rotatable bonds is 8. The van der Waals surface area contributed by atoms with Gasteiger partial charge in [-0.15, -0.1) is 0 Å². The SMILES string of the molecule is CNc1ccc(C(=O)C=Cc2cc(C)c(OC(C)C)cc2OC(C)C)cc1. The predicted octanol–water partition coefficient (Wildman–Crippen LogP) is 5.51. The normalized spacial score (nSPS) is 11.3. The van der Waals surface area contributed by atoms with Gasteiger partial charge in [0.2, 0.25) is 0 Å². The molecule has 4 nitrogen and oxygen atoms in total. The quantitative estimate of drug-likeness (QED) is 0.494. The molecule has 0 atom stereocenters. The molecule has 144 valence electrons. The summed E-state index contributed by atoms with van der Waals surface area (Å²) < 4.78 is 11.8. The maximum Gasteiger partial charge on any atom is 0.185 e. The zero-order chi connectivity index (χ0) is 20.0. The molecule has 0 spiro atoms. The first-order chi connectivity index (χ1) is 12.8. The number of hydrogen-bond acceptors (Lipinski definition) is 4. The molecule has 27 heavy (non-hydrogen) atoms. The van der Waals surface area contributed by atoms with Crippen molar-refractivity contribution in [2.45, 2.75) is 46.8 Å². The van der Waals surface area contributed by atoms with Gasteiger partial charge in [-0.2, -0.15) is 0 Å². The van der Waals surface area contributed by atoms with Crippen LogP contribution in [0.2, 0.25) is 0 Å². The summed E-state index contributed by atoms with van der Waals surface area (Å²) in [4.78, 5) is 12.5. The lowest BCUT2D eigenvalue weighted by Crippen LogP contribution is -2.10. The fourth-order valence-corrected chi connectivity index (χ4v) is 2.62. The molecule has 0 aromatic heterocycles. The Kier molecular flexibility index (Phi) is 7.05. The Morgan fingerprint density at radius 2 is 1.56 bits per heavy atom. The molecule has 2 aromatic rings. The Morgan fingerprint density at radius 1 is 0.963 bits per heavy atom. The minimum absolute atomic E-state index is 0.0246. The summed E-state index contributed by atoms with van der Waals surface area (Å²) in [6.07, 6.45) is 3.49. The standard InChI is InChI=1S/C23H29NO3/c1-15(2)26-22-14-23(27-16(3)4)19(13-17(22)5)9-12-21(25)18-7-10-20(24-6)11-8-18/h7-16,24H,1-6H3. The molecule has 0 fully saturated rings. The molecular weight excluding hydrogens is 338 g/mol. The number of anilines is 1. The van der Waals surface area contributed by atoms with E-state index in [1.807, 2.05) is 78.1 Å². The number of nitrogens with one attached hydrogen (secondary N) is 1. The van der Waals surface area contributed by atoms with Gasteiger partial charge in [-0.1, -0.05) is 0 Å². The smallest absolute Gasteiger partial charge is 0.185 e. The van der Waals surface area contributed by atoms with Crippen LogP contribution in [0.3, 0.4) is 0 Å². The van der Waals surface area contributed by atoms with Gasteiger partial charge in [0.05, 0.1) is 12.2 Å². The average Bonchev–Trinajstić information content (AvgIpc) is 2.62. The van der Waals surface area contributed by atoms with E-state index >= 15 is 0 Å². The summed E-state index contributed by atoms with van der Waals surface area (Å²) in [7, 11) is 1.85. The van der Waals surface area contributed by atoms with Crippen LogP contribution in [0.5, 0.6) is 11.5 Å². The summed E-state index contributed by atoms with van der Waals surface area (Å²) in [6.45, 7) is 9.94. The van der Waals surface area contributed by atoms with Crippen molar-refractivity contribution in [3.63, 3.8) is 0 Å². The van der Waals surface area contributed by atoms with Gasteiger partial charge in [-0.25, -0.2) is 0 Å². The van der Waals surface area contributed by atoms with Gasteiger partial charge >= 0.3 is 0 Å². The van der Waals surface area contributed by atoms with E-state index in [1.54, 1.807) is 12.2 Å². The van der Waals surface area contributed by atoms with Crippen LogP contribution in [0.25, 0.3) is 6.08 Å². The van der Waals surface area contributed by atoms with Gasteiger partial charge in [-0.05, 0) is 82.7 Å². The molecule has 0 radical (unpaired) electrons. The van der Waals surface area contributed by atoms with Crippen molar-refractivity contribution in [2.75, 3.05) is 12.4 Å². The number of ketones is 1. The zero-order valence-electron chi connectivity index (χ0n) is 17.0. The lowest BCUT2D eigenvalue weighted by atomic mass is 10.1. The number of allylic oxidation sites excluding steroid dienone is 1. The van der Waals surface area contributed by atoms with Crippen LogP contribution >= 0.6 is 0 Å². The molecule has 0 saturated heterocycles. The summed E-state index contributed by atoms with van der Waals surface area (Å²) in [5.41, 5.74) is 3.48. The minimum atomic E-state index is -0.0479. The van der Waals surface area contributed by atoms with Gasteiger partial charge in [-0.3, -0.25) is 4.79 Å². The fraction of sp³-hybridized carbons (Fsp3) is 0.348. The summed E-state index contributed by atoms with van der Waals surface area (Å²) in [5, 5.41) is 3.04. The zero-order valence-corrected chi connectivity index (χ0v) is 17.0. The van der Waals surface area contributed by atoms with E-state index < -0.39 is 0 Å². The molecule has 0 aliphatic rings. The average molecular weight is 367 g/mol. The van der Waals surface area contributed by atoms with Crippen molar-refractivity contribution in [2.24, 2.45) is 0 Å². The van der Waals surface area contributed by atoms with Crippen molar-refractivity contribution in [3.05, 3.63) is 59.2 Å². The Labute approximate surface area is 162 Å². The van der Waals surface area contributed by atoms with Crippen LogP contribution in [0.15, 0.2) is 42.5 Å². The van der Waals surface area contributed by atoms with Gasteiger partial charge in [0.1, 0.15) is 11.5 Å². The maximum atomic E-state index is 12.5. The van der Waals surface area contributed by atoms with Crippen LogP contribution in [0.1, 0.15) is 49.2 Å². The molecule has 0 aliphatic carbocycles. The largest absolute Gasteiger partial charge is 0.491 e. The third kappa shape index (κ3) is 5.88.